The molecule has 1 aromatic rings. The monoisotopic (exact) mass is 356 g/mol. The van der Waals surface area contributed by atoms with Crippen molar-refractivity contribution in [3.63, 3.8) is 0 Å². The highest BCUT2D eigenvalue weighted by Gasteiger charge is 2.39. The Hall–Kier alpha value is -1.96. The first-order chi connectivity index (χ1) is 11.3. The number of carbonyl (C=O) groups excluding carboxylic acids is 1. The van der Waals surface area contributed by atoms with E-state index in [0.717, 1.165) is 0 Å². The van der Waals surface area contributed by atoms with Crippen LogP contribution in [0.5, 0.6) is 11.5 Å². The number of nitrogens with one attached hydrogen (secondary N) is 1. The molecule has 0 atom stereocenters. The van der Waals surface area contributed by atoms with Crippen molar-refractivity contribution in [2.24, 2.45) is 5.92 Å². The molecule has 1 aromatic carbocycles. The van der Waals surface area contributed by atoms with Crippen LogP contribution in [0.2, 0.25) is 0 Å². The fraction of sp³-hybridized carbons (Fsp3) is 0.562. The summed E-state index contributed by atoms with van der Waals surface area (Å²) in [7, 11) is -0.0978. The molecule has 1 saturated heterocycles. The normalized spacial score (nSPS) is 15.1. The summed E-state index contributed by atoms with van der Waals surface area (Å²) in [6, 6.07) is 4.73. The van der Waals surface area contributed by atoms with Crippen molar-refractivity contribution in [2.75, 3.05) is 38.4 Å². The van der Waals surface area contributed by atoms with Crippen LogP contribution in [-0.2, 0) is 9.84 Å². The number of hydrogen-bond donors (Lipinski definition) is 1. The van der Waals surface area contributed by atoms with Crippen LogP contribution in [-0.4, -0.2) is 57.7 Å². The summed E-state index contributed by atoms with van der Waals surface area (Å²) in [6.07, 6.45) is 0. The SMILES string of the molecule is COc1ccc(NC(=O)N2CC(S(=O)(=O)CC(C)C)C2)c(OC)c1. The molecule has 0 aromatic heterocycles. The number of hydrogen-bond acceptors (Lipinski definition) is 5. The van der Waals surface area contributed by atoms with Gasteiger partial charge in [0, 0.05) is 19.2 Å². The van der Waals surface area contributed by atoms with Gasteiger partial charge in [-0.1, -0.05) is 13.8 Å². The van der Waals surface area contributed by atoms with Gasteiger partial charge >= 0.3 is 6.03 Å². The van der Waals surface area contributed by atoms with E-state index in [0.29, 0.717) is 17.2 Å². The zero-order valence-electron chi connectivity index (χ0n) is 14.4. The molecule has 134 valence electrons. The van der Waals surface area contributed by atoms with Gasteiger partial charge in [0.25, 0.3) is 0 Å². The van der Waals surface area contributed by atoms with E-state index in [1.807, 2.05) is 13.8 Å². The summed E-state index contributed by atoms with van der Waals surface area (Å²) in [5.41, 5.74) is 0.511. The molecule has 0 spiro atoms. The zero-order valence-corrected chi connectivity index (χ0v) is 15.2. The number of carbonyl (C=O) groups is 1. The molecule has 0 saturated carbocycles. The minimum atomic E-state index is -3.15. The maximum atomic E-state index is 12.2. The molecule has 2 rings (SSSR count). The summed E-state index contributed by atoms with van der Waals surface area (Å²) in [6.45, 7) is 4.19. The van der Waals surface area contributed by atoms with Crippen LogP contribution in [0.15, 0.2) is 18.2 Å². The van der Waals surface area contributed by atoms with Crippen molar-refractivity contribution in [1.29, 1.82) is 0 Å². The maximum absolute atomic E-state index is 12.2. The number of likely N-dealkylation sites (tertiary alicyclic amines) is 1. The Morgan fingerprint density at radius 3 is 2.50 bits per heavy atom. The topological polar surface area (TPSA) is 84.9 Å². The second kappa shape index (κ2) is 7.29. The zero-order chi connectivity index (χ0) is 17.9. The highest BCUT2D eigenvalue weighted by molar-refractivity contribution is 7.92. The van der Waals surface area contributed by atoms with Crippen molar-refractivity contribution in [1.82, 2.24) is 4.90 Å². The molecular formula is C16H24N2O5S. The average molecular weight is 356 g/mol. The predicted molar refractivity (Wildman–Crippen MR) is 92.6 cm³/mol. The molecule has 0 unspecified atom stereocenters. The highest BCUT2D eigenvalue weighted by Crippen LogP contribution is 2.30. The van der Waals surface area contributed by atoms with Crippen molar-refractivity contribution >= 4 is 21.6 Å². The third kappa shape index (κ3) is 4.11. The van der Waals surface area contributed by atoms with E-state index >= 15 is 0 Å². The van der Waals surface area contributed by atoms with Crippen LogP contribution >= 0.6 is 0 Å². The summed E-state index contributed by atoms with van der Waals surface area (Å²) < 4.78 is 34.6. The third-order valence-corrected chi connectivity index (χ3v) is 6.30. The van der Waals surface area contributed by atoms with Crippen molar-refractivity contribution in [3.05, 3.63) is 18.2 Å². The van der Waals surface area contributed by atoms with Gasteiger partial charge < -0.3 is 19.7 Å². The lowest BCUT2D eigenvalue weighted by atomic mass is 10.2. The molecule has 0 aliphatic carbocycles. The van der Waals surface area contributed by atoms with E-state index in [4.69, 9.17) is 9.47 Å². The van der Waals surface area contributed by atoms with E-state index in [9.17, 15) is 13.2 Å². The maximum Gasteiger partial charge on any atom is 0.322 e. The van der Waals surface area contributed by atoms with Gasteiger partial charge in [0.15, 0.2) is 9.84 Å². The summed E-state index contributed by atoms with van der Waals surface area (Å²) in [5, 5.41) is 2.27. The van der Waals surface area contributed by atoms with Crippen LogP contribution in [0.3, 0.4) is 0 Å². The van der Waals surface area contributed by atoms with Crippen LogP contribution in [0.25, 0.3) is 0 Å². The number of amides is 2. The number of methoxy groups -OCH3 is 2. The molecule has 24 heavy (non-hydrogen) atoms. The minimum Gasteiger partial charge on any atom is -0.497 e. The standard InChI is InChI=1S/C16H24N2O5S/c1-11(2)10-24(20,21)13-8-18(9-13)16(19)17-14-6-5-12(22-3)7-15(14)23-4/h5-7,11,13H,8-10H2,1-4H3,(H,17,19). The van der Waals surface area contributed by atoms with Gasteiger partial charge in [-0.3, -0.25) is 0 Å². The van der Waals surface area contributed by atoms with Crippen molar-refractivity contribution in [3.8, 4) is 11.5 Å². The number of anilines is 1. The minimum absolute atomic E-state index is 0.0847. The Kier molecular flexibility index (Phi) is 5.58. The second-order valence-electron chi connectivity index (χ2n) is 6.25. The smallest absolute Gasteiger partial charge is 0.322 e. The van der Waals surface area contributed by atoms with E-state index in [1.165, 1.54) is 12.0 Å². The number of benzene rings is 1. The molecule has 1 aliphatic heterocycles. The average Bonchev–Trinajstić information content (AvgIpc) is 2.44. The third-order valence-electron chi connectivity index (χ3n) is 3.86. The Morgan fingerprint density at radius 1 is 1.29 bits per heavy atom. The van der Waals surface area contributed by atoms with E-state index in [2.05, 4.69) is 5.32 Å². The van der Waals surface area contributed by atoms with E-state index < -0.39 is 15.1 Å². The van der Waals surface area contributed by atoms with Gasteiger partial charge in [-0.05, 0) is 18.1 Å². The number of sulfone groups is 1. The Balaban J connectivity index is 1.96. The second-order valence-corrected chi connectivity index (χ2v) is 8.57. The van der Waals surface area contributed by atoms with Gasteiger partial charge in [0.05, 0.1) is 30.9 Å². The van der Waals surface area contributed by atoms with Crippen LogP contribution < -0.4 is 14.8 Å². The first kappa shape index (κ1) is 18.4. The Bertz CT molecular complexity index is 696. The van der Waals surface area contributed by atoms with Crippen LogP contribution in [0, 0.1) is 5.92 Å². The van der Waals surface area contributed by atoms with Gasteiger partial charge in [0.1, 0.15) is 11.5 Å². The lowest BCUT2D eigenvalue weighted by Gasteiger charge is -2.38. The lowest BCUT2D eigenvalue weighted by molar-refractivity contribution is 0.182. The number of urea groups is 1. The fourth-order valence-corrected chi connectivity index (χ4v) is 4.54. The molecule has 0 bridgehead atoms. The van der Waals surface area contributed by atoms with E-state index in [-0.39, 0.29) is 30.8 Å². The molecule has 1 heterocycles. The van der Waals surface area contributed by atoms with Gasteiger partial charge in [-0.25, -0.2) is 13.2 Å². The first-order valence-electron chi connectivity index (χ1n) is 7.76. The Labute approximate surface area is 142 Å². The van der Waals surface area contributed by atoms with Crippen LogP contribution in [0.4, 0.5) is 10.5 Å². The summed E-state index contributed by atoms with van der Waals surface area (Å²) in [4.78, 5) is 13.7. The number of rotatable bonds is 6. The molecule has 1 N–H and O–H groups in total. The van der Waals surface area contributed by atoms with Gasteiger partial charge in [-0.15, -0.1) is 0 Å². The predicted octanol–water partition coefficient (Wildman–Crippen LogP) is 1.99. The summed E-state index contributed by atoms with van der Waals surface area (Å²) in [5.74, 6) is 1.33. The van der Waals surface area contributed by atoms with E-state index in [1.54, 1.807) is 25.3 Å². The largest absolute Gasteiger partial charge is 0.497 e. The molecule has 1 fully saturated rings. The van der Waals surface area contributed by atoms with Gasteiger partial charge in [0.2, 0.25) is 0 Å². The molecule has 8 heteroatoms. The lowest BCUT2D eigenvalue weighted by Crippen LogP contribution is -2.58. The van der Waals surface area contributed by atoms with Crippen molar-refractivity contribution < 1.29 is 22.7 Å². The first-order valence-corrected chi connectivity index (χ1v) is 9.48. The number of nitrogens with zero attached hydrogens (tertiary/aromatic N) is 1. The molecule has 7 nitrogen and oxygen atoms in total. The van der Waals surface area contributed by atoms with Crippen molar-refractivity contribution in [2.45, 2.75) is 19.1 Å². The molecule has 0 radical (unpaired) electrons. The quantitative estimate of drug-likeness (QED) is 0.842. The Morgan fingerprint density at radius 2 is 1.96 bits per heavy atom. The number of ether oxygens (including phenoxy) is 2. The molecular weight excluding hydrogens is 332 g/mol. The van der Waals surface area contributed by atoms with Crippen LogP contribution in [0.1, 0.15) is 13.8 Å². The molecule has 1 aliphatic rings. The summed E-state index contributed by atoms with van der Waals surface area (Å²) >= 11 is 0. The highest BCUT2D eigenvalue weighted by atomic mass is 32.2. The fourth-order valence-electron chi connectivity index (χ4n) is 2.53. The molecule has 2 amide bonds. The van der Waals surface area contributed by atoms with Gasteiger partial charge in [-0.2, -0.15) is 0 Å².